The molecule has 4 heteroatoms. The molecule has 0 bridgehead atoms. The second kappa shape index (κ2) is 2.25. The number of anilines is 2. The van der Waals surface area contributed by atoms with E-state index >= 15 is 0 Å². The maximum atomic E-state index is 10.3. The zero-order valence-electron chi connectivity index (χ0n) is 5.72. The molecule has 56 valence electrons. The van der Waals surface area contributed by atoms with Crippen LogP contribution < -0.4 is 16.4 Å². The van der Waals surface area contributed by atoms with Gasteiger partial charge in [0.05, 0.1) is 11.4 Å². The highest BCUT2D eigenvalue weighted by atomic mass is 16.1. The normalized spacial score (nSPS) is 13.1. The lowest BCUT2D eigenvalue weighted by Crippen LogP contribution is -2.19. The molecule has 0 amide bonds. The molecule has 1 heterocycles. The van der Waals surface area contributed by atoms with Gasteiger partial charge in [0.25, 0.3) is 0 Å². The maximum absolute atomic E-state index is 10.3. The number of carbonyl (C=O) groups is 1. The minimum atomic E-state index is 0.668. The zero-order chi connectivity index (χ0) is 7.68. The topological polar surface area (TPSA) is 53.2 Å². The van der Waals surface area contributed by atoms with E-state index in [2.05, 4.69) is 16.4 Å². The van der Waals surface area contributed by atoms with E-state index in [1.54, 1.807) is 12.1 Å². The van der Waals surface area contributed by atoms with Crippen molar-refractivity contribution in [1.82, 2.24) is 5.53 Å². The van der Waals surface area contributed by atoms with Crippen LogP contribution in [0.1, 0.15) is 10.4 Å². The summed E-state index contributed by atoms with van der Waals surface area (Å²) in [7, 11) is 0. The number of rotatable bonds is 1. The summed E-state index contributed by atoms with van der Waals surface area (Å²) in [4.78, 5) is 10.3. The van der Waals surface area contributed by atoms with Crippen molar-refractivity contribution < 1.29 is 4.79 Å². The van der Waals surface area contributed by atoms with E-state index in [4.69, 9.17) is 0 Å². The lowest BCUT2D eigenvalue weighted by molar-refractivity contribution is 0.112. The van der Waals surface area contributed by atoms with Crippen LogP contribution in [-0.4, -0.2) is 6.29 Å². The Labute approximate surface area is 63.5 Å². The molecule has 0 atom stereocenters. The molecular weight excluding hydrogens is 142 g/mol. The summed E-state index contributed by atoms with van der Waals surface area (Å²) in [6.45, 7) is 0. The average Bonchev–Trinajstić information content (AvgIpc) is 2.50. The van der Waals surface area contributed by atoms with Gasteiger partial charge in [-0.1, -0.05) is 0 Å². The van der Waals surface area contributed by atoms with E-state index < -0.39 is 0 Å². The molecule has 0 unspecified atom stereocenters. The Morgan fingerprint density at radius 2 is 2.00 bits per heavy atom. The van der Waals surface area contributed by atoms with Crippen molar-refractivity contribution in [1.29, 1.82) is 0 Å². The zero-order valence-corrected chi connectivity index (χ0v) is 5.72. The number of aldehydes is 1. The van der Waals surface area contributed by atoms with Crippen LogP contribution in [0.15, 0.2) is 18.2 Å². The fourth-order valence-corrected chi connectivity index (χ4v) is 1.01. The molecule has 1 aromatic carbocycles. The molecule has 0 spiro atoms. The highest BCUT2D eigenvalue weighted by Crippen LogP contribution is 2.24. The predicted octanol–water partition coefficient (Wildman–Crippen LogP) is 0.756. The minimum Gasteiger partial charge on any atom is -0.302 e. The fraction of sp³-hybridized carbons (Fsp3) is 0. The van der Waals surface area contributed by atoms with Crippen molar-refractivity contribution in [3.8, 4) is 0 Å². The van der Waals surface area contributed by atoms with Gasteiger partial charge in [-0.25, -0.2) is 0 Å². The number of nitrogens with one attached hydrogen (secondary N) is 3. The Kier molecular flexibility index (Phi) is 1.26. The van der Waals surface area contributed by atoms with E-state index in [9.17, 15) is 4.79 Å². The average molecular weight is 149 g/mol. The van der Waals surface area contributed by atoms with Crippen LogP contribution in [0, 0.1) is 0 Å². The lowest BCUT2D eigenvalue weighted by Gasteiger charge is -1.95. The third-order valence-electron chi connectivity index (χ3n) is 1.57. The largest absolute Gasteiger partial charge is 0.302 e. The van der Waals surface area contributed by atoms with Crippen LogP contribution in [0.3, 0.4) is 0 Å². The standard InChI is InChI=1S/C7H7N3O/c11-4-5-1-2-6-7(3-5)9-10-8-6/h1-4,8-10H. The van der Waals surface area contributed by atoms with Gasteiger partial charge in [0, 0.05) is 5.56 Å². The van der Waals surface area contributed by atoms with Crippen molar-refractivity contribution in [3.63, 3.8) is 0 Å². The van der Waals surface area contributed by atoms with Gasteiger partial charge < -0.3 is 10.9 Å². The first-order chi connectivity index (χ1) is 5.40. The van der Waals surface area contributed by atoms with Gasteiger partial charge in [-0.15, -0.1) is 5.53 Å². The number of hydrogen-bond donors (Lipinski definition) is 3. The van der Waals surface area contributed by atoms with E-state index in [1.165, 1.54) is 0 Å². The Morgan fingerprint density at radius 1 is 1.18 bits per heavy atom. The minimum absolute atomic E-state index is 0.668. The summed E-state index contributed by atoms with van der Waals surface area (Å²) in [5.74, 6) is 0. The third kappa shape index (κ3) is 0.929. The molecule has 0 aliphatic carbocycles. The van der Waals surface area contributed by atoms with Gasteiger partial charge in [-0.3, -0.25) is 4.79 Å². The lowest BCUT2D eigenvalue weighted by atomic mass is 10.2. The van der Waals surface area contributed by atoms with Gasteiger partial charge in [-0.2, -0.15) is 0 Å². The van der Waals surface area contributed by atoms with Gasteiger partial charge in [0.2, 0.25) is 0 Å². The number of hydrazine groups is 2. The smallest absolute Gasteiger partial charge is 0.150 e. The second-order valence-electron chi connectivity index (χ2n) is 2.30. The Bertz CT molecular complexity index is 298. The van der Waals surface area contributed by atoms with Gasteiger partial charge in [0.15, 0.2) is 0 Å². The Hall–Kier alpha value is -1.55. The van der Waals surface area contributed by atoms with Gasteiger partial charge >= 0.3 is 0 Å². The molecule has 0 saturated heterocycles. The summed E-state index contributed by atoms with van der Waals surface area (Å²) in [6, 6.07) is 5.37. The van der Waals surface area contributed by atoms with Crippen molar-refractivity contribution in [3.05, 3.63) is 23.8 Å². The summed E-state index contributed by atoms with van der Waals surface area (Å²) < 4.78 is 0. The summed E-state index contributed by atoms with van der Waals surface area (Å²) >= 11 is 0. The Morgan fingerprint density at radius 3 is 2.82 bits per heavy atom. The summed E-state index contributed by atoms with van der Waals surface area (Å²) in [5, 5.41) is 0. The summed E-state index contributed by atoms with van der Waals surface area (Å²) in [5.41, 5.74) is 11.0. The first-order valence-electron chi connectivity index (χ1n) is 3.26. The van der Waals surface area contributed by atoms with Crippen molar-refractivity contribution in [2.24, 2.45) is 0 Å². The van der Waals surface area contributed by atoms with Gasteiger partial charge in [0.1, 0.15) is 6.29 Å². The molecule has 0 aromatic heterocycles. The highest BCUT2D eigenvalue weighted by Gasteiger charge is 2.07. The SMILES string of the molecule is O=Cc1ccc2c(c1)NNN2. The van der Waals surface area contributed by atoms with Crippen LogP contribution in [0.5, 0.6) is 0 Å². The van der Waals surface area contributed by atoms with Crippen molar-refractivity contribution >= 4 is 17.7 Å². The monoisotopic (exact) mass is 149 g/mol. The summed E-state index contributed by atoms with van der Waals surface area (Å²) in [6.07, 6.45) is 0.820. The molecule has 0 radical (unpaired) electrons. The molecule has 4 nitrogen and oxygen atoms in total. The fourth-order valence-electron chi connectivity index (χ4n) is 1.01. The molecule has 1 aliphatic heterocycles. The predicted molar refractivity (Wildman–Crippen MR) is 42.2 cm³/mol. The molecule has 2 rings (SSSR count). The van der Waals surface area contributed by atoms with Crippen LogP contribution in [0.25, 0.3) is 0 Å². The quantitative estimate of drug-likeness (QED) is 0.516. The first kappa shape index (κ1) is 6.18. The molecule has 0 saturated carbocycles. The van der Waals surface area contributed by atoms with Crippen LogP contribution in [-0.2, 0) is 0 Å². The van der Waals surface area contributed by atoms with Gasteiger partial charge in [-0.05, 0) is 18.2 Å². The highest BCUT2D eigenvalue weighted by molar-refractivity contribution is 5.82. The number of hydrogen-bond acceptors (Lipinski definition) is 4. The van der Waals surface area contributed by atoms with Crippen LogP contribution in [0.4, 0.5) is 11.4 Å². The molecule has 0 fully saturated rings. The van der Waals surface area contributed by atoms with E-state index in [0.717, 1.165) is 17.7 Å². The molecule has 1 aromatic rings. The van der Waals surface area contributed by atoms with Crippen molar-refractivity contribution in [2.45, 2.75) is 0 Å². The molecule has 1 aliphatic rings. The van der Waals surface area contributed by atoms with E-state index in [-0.39, 0.29) is 0 Å². The number of carbonyl (C=O) groups excluding carboxylic acids is 1. The van der Waals surface area contributed by atoms with Crippen LogP contribution >= 0.6 is 0 Å². The molecular formula is C7H7N3O. The third-order valence-corrected chi connectivity index (χ3v) is 1.57. The Balaban J connectivity index is 2.48. The van der Waals surface area contributed by atoms with E-state index in [0.29, 0.717) is 5.56 Å². The second-order valence-corrected chi connectivity index (χ2v) is 2.30. The number of benzene rings is 1. The van der Waals surface area contributed by atoms with Crippen molar-refractivity contribution in [2.75, 3.05) is 10.9 Å². The molecule has 11 heavy (non-hydrogen) atoms. The van der Waals surface area contributed by atoms with E-state index in [1.807, 2.05) is 6.07 Å². The van der Waals surface area contributed by atoms with Crippen LogP contribution in [0.2, 0.25) is 0 Å². The number of fused-ring (bicyclic) bond motifs is 1. The molecule has 3 N–H and O–H groups in total. The first-order valence-corrected chi connectivity index (χ1v) is 3.26. The maximum Gasteiger partial charge on any atom is 0.150 e.